The first kappa shape index (κ1) is 35.6. The highest BCUT2D eigenvalue weighted by molar-refractivity contribution is 7.89. The SMILES string of the molecule is Cc1cc(C)c(S(=O)(=O)N[C@@H](CNC(=O)CO[C@@H]2C[C@@H](CNc3cc(Cl)ccn3)N(C(=O)OCc3ccccc3)C2)C(=O)O)c(C)c1. The zero-order valence-corrected chi connectivity index (χ0v) is 27.8. The van der Waals surface area contributed by atoms with Gasteiger partial charge in [-0.15, -0.1) is 0 Å². The van der Waals surface area contributed by atoms with E-state index >= 15 is 0 Å². The summed E-state index contributed by atoms with van der Waals surface area (Å²) < 4.78 is 39.7. The highest BCUT2D eigenvalue weighted by Gasteiger charge is 2.37. The number of anilines is 1. The topological polar surface area (TPSA) is 176 Å². The quantitative estimate of drug-likeness (QED) is 0.196. The highest BCUT2D eigenvalue weighted by Crippen LogP contribution is 2.24. The third-order valence-corrected chi connectivity index (χ3v) is 9.49. The summed E-state index contributed by atoms with van der Waals surface area (Å²) >= 11 is 6.06. The van der Waals surface area contributed by atoms with E-state index in [1.54, 1.807) is 44.3 Å². The molecule has 2 amide bonds. The number of pyridine rings is 1. The molecule has 252 valence electrons. The number of amides is 2. The molecule has 1 aliphatic heterocycles. The number of benzene rings is 2. The van der Waals surface area contributed by atoms with Crippen LogP contribution in [0.1, 0.15) is 28.7 Å². The van der Waals surface area contributed by atoms with Crippen molar-refractivity contribution in [3.8, 4) is 0 Å². The number of carbonyl (C=O) groups excluding carboxylic acids is 2. The van der Waals surface area contributed by atoms with E-state index in [1.807, 2.05) is 37.3 Å². The fourth-order valence-corrected chi connectivity index (χ4v) is 7.22. The van der Waals surface area contributed by atoms with E-state index in [1.165, 1.54) is 4.90 Å². The number of ether oxygens (including phenoxy) is 2. The second-order valence-corrected chi connectivity index (χ2v) is 13.4. The number of rotatable bonds is 14. The van der Waals surface area contributed by atoms with Crippen molar-refractivity contribution >= 4 is 45.4 Å². The van der Waals surface area contributed by atoms with Gasteiger partial charge >= 0.3 is 12.1 Å². The molecule has 3 aromatic rings. The number of aliphatic carboxylic acids is 1. The number of aromatic nitrogens is 1. The molecule has 47 heavy (non-hydrogen) atoms. The Morgan fingerprint density at radius 3 is 2.45 bits per heavy atom. The summed E-state index contributed by atoms with van der Waals surface area (Å²) in [5.41, 5.74) is 2.65. The van der Waals surface area contributed by atoms with Crippen LogP contribution < -0.4 is 15.4 Å². The van der Waals surface area contributed by atoms with Gasteiger partial charge in [0.2, 0.25) is 15.9 Å². The fraction of sp³-hybridized carbons (Fsp3) is 0.375. The molecule has 0 bridgehead atoms. The van der Waals surface area contributed by atoms with E-state index in [9.17, 15) is 27.9 Å². The molecule has 2 aromatic carbocycles. The van der Waals surface area contributed by atoms with E-state index in [0.717, 1.165) is 11.1 Å². The summed E-state index contributed by atoms with van der Waals surface area (Å²) in [4.78, 5) is 43.4. The van der Waals surface area contributed by atoms with Gasteiger partial charge in [-0.1, -0.05) is 59.6 Å². The summed E-state index contributed by atoms with van der Waals surface area (Å²) in [5.74, 6) is -1.58. The lowest BCUT2D eigenvalue weighted by atomic mass is 10.1. The molecular formula is C32H38ClN5O8S. The lowest BCUT2D eigenvalue weighted by Gasteiger charge is -2.24. The first-order chi connectivity index (χ1) is 22.3. The highest BCUT2D eigenvalue weighted by atomic mass is 35.5. The normalized spacial score (nSPS) is 16.8. The Labute approximate surface area is 278 Å². The van der Waals surface area contributed by atoms with Crippen molar-refractivity contribution in [3.63, 3.8) is 0 Å². The molecule has 13 nitrogen and oxygen atoms in total. The van der Waals surface area contributed by atoms with Crippen molar-refractivity contribution < 1.29 is 37.4 Å². The van der Waals surface area contributed by atoms with Gasteiger partial charge in [-0.3, -0.25) is 9.59 Å². The van der Waals surface area contributed by atoms with Crippen molar-refractivity contribution in [2.45, 2.75) is 56.9 Å². The molecule has 15 heteroatoms. The Morgan fingerprint density at radius 2 is 1.79 bits per heavy atom. The average Bonchev–Trinajstić information content (AvgIpc) is 3.43. The first-order valence-corrected chi connectivity index (χ1v) is 16.7. The van der Waals surface area contributed by atoms with Gasteiger partial charge in [0, 0.05) is 24.3 Å². The van der Waals surface area contributed by atoms with Crippen LogP contribution in [0.15, 0.2) is 65.7 Å². The van der Waals surface area contributed by atoms with Gasteiger partial charge in [0.1, 0.15) is 25.1 Å². The lowest BCUT2D eigenvalue weighted by Crippen LogP contribution is -2.49. The minimum Gasteiger partial charge on any atom is -0.480 e. The second-order valence-electron chi connectivity index (χ2n) is 11.3. The number of hydrogen-bond donors (Lipinski definition) is 4. The van der Waals surface area contributed by atoms with Gasteiger partial charge in [0.25, 0.3) is 0 Å². The van der Waals surface area contributed by atoms with Gasteiger partial charge < -0.3 is 30.1 Å². The van der Waals surface area contributed by atoms with Crippen LogP contribution in [0.5, 0.6) is 0 Å². The number of nitrogens with one attached hydrogen (secondary N) is 3. The number of hydrogen-bond acceptors (Lipinski definition) is 9. The smallest absolute Gasteiger partial charge is 0.410 e. The number of carboxylic acid groups (broad SMARTS) is 1. The van der Waals surface area contributed by atoms with Crippen molar-refractivity contribution in [1.82, 2.24) is 19.9 Å². The third-order valence-electron chi connectivity index (χ3n) is 7.48. The Morgan fingerprint density at radius 1 is 1.09 bits per heavy atom. The lowest BCUT2D eigenvalue weighted by molar-refractivity contribution is -0.139. The van der Waals surface area contributed by atoms with E-state index in [0.29, 0.717) is 34.9 Å². The fourth-order valence-electron chi connectivity index (χ4n) is 5.41. The molecular weight excluding hydrogens is 650 g/mol. The van der Waals surface area contributed by atoms with Crippen LogP contribution in [0.25, 0.3) is 0 Å². The van der Waals surface area contributed by atoms with E-state index < -0.39 is 53.3 Å². The van der Waals surface area contributed by atoms with Crippen LogP contribution in [-0.2, 0) is 35.7 Å². The maximum Gasteiger partial charge on any atom is 0.410 e. The van der Waals surface area contributed by atoms with Crippen molar-refractivity contribution in [2.75, 3.05) is 31.6 Å². The number of sulfonamides is 1. The molecule has 0 unspecified atom stereocenters. The van der Waals surface area contributed by atoms with Gasteiger partial charge in [-0.25, -0.2) is 18.2 Å². The number of carboxylic acids is 1. The van der Waals surface area contributed by atoms with Crippen LogP contribution in [-0.4, -0.2) is 85.8 Å². The standard InChI is InChI=1S/C32H38ClN5O8S/c1-20-11-21(2)30(22(3)12-20)47(43,44)37-27(31(40)41)16-36-29(39)19-45-26-14-25(15-35-28-13-24(33)9-10-34-28)38(17-26)32(42)46-18-23-7-5-4-6-8-23/h4-13,25-27,37H,14-19H2,1-3H3,(H,34,35)(H,36,39)(H,40,41)/t25-,26+,27-/m0/s1. The van der Waals surface area contributed by atoms with Gasteiger partial charge in [-0.05, 0) is 56.0 Å². The first-order valence-electron chi connectivity index (χ1n) is 14.9. The van der Waals surface area contributed by atoms with Crippen molar-refractivity contribution in [1.29, 1.82) is 0 Å². The third kappa shape index (κ3) is 10.1. The predicted molar refractivity (Wildman–Crippen MR) is 175 cm³/mol. The van der Waals surface area contributed by atoms with Crippen LogP contribution in [0.3, 0.4) is 0 Å². The molecule has 0 spiro atoms. The Bertz CT molecular complexity index is 1670. The van der Waals surface area contributed by atoms with Crippen molar-refractivity contribution in [3.05, 3.63) is 88.1 Å². The van der Waals surface area contributed by atoms with Crippen LogP contribution >= 0.6 is 11.6 Å². The van der Waals surface area contributed by atoms with E-state index in [-0.39, 0.29) is 24.1 Å². The molecule has 3 atom stereocenters. The van der Waals surface area contributed by atoms with Crippen LogP contribution in [0, 0.1) is 20.8 Å². The minimum atomic E-state index is -4.21. The monoisotopic (exact) mass is 687 g/mol. The molecule has 0 saturated carbocycles. The summed E-state index contributed by atoms with van der Waals surface area (Å²) in [7, 11) is -4.21. The summed E-state index contributed by atoms with van der Waals surface area (Å²) in [6.07, 6.45) is 0.838. The van der Waals surface area contributed by atoms with Crippen LogP contribution in [0.4, 0.5) is 10.6 Å². The largest absolute Gasteiger partial charge is 0.480 e. The molecule has 1 aromatic heterocycles. The van der Waals surface area contributed by atoms with Gasteiger partial charge in [0.15, 0.2) is 0 Å². The second kappa shape index (κ2) is 16.0. The maximum absolute atomic E-state index is 13.1. The molecule has 1 saturated heterocycles. The maximum atomic E-state index is 13.1. The van der Waals surface area contributed by atoms with E-state index in [2.05, 4.69) is 20.3 Å². The van der Waals surface area contributed by atoms with E-state index in [4.69, 9.17) is 21.1 Å². The number of halogens is 1. The molecule has 4 rings (SSSR count). The Balaban J connectivity index is 1.33. The van der Waals surface area contributed by atoms with Crippen molar-refractivity contribution in [2.24, 2.45) is 0 Å². The molecule has 0 radical (unpaired) electrons. The van der Waals surface area contributed by atoms with Gasteiger partial charge in [-0.2, -0.15) is 4.72 Å². The molecule has 4 N–H and O–H groups in total. The number of carbonyl (C=O) groups is 3. The number of likely N-dealkylation sites (tertiary alicyclic amines) is 1. The molecule has 2 heterocycles. The Hall–Kier alpha value is -4.24. The number of aryl methyl sites for hydroxylation is 3. The molecule has 0 aliphatic carbocycles. The zero-order chi connectivity index (χ0) is 34.1. The van der Waals surface area contributed by atoms with Crippen LogP contribution in [0.2, 0.25) is 5.02 Å². The van der Waals surface area contributed by atoms with Gasteiger partial charge in [0.05, 0.1) is 23.6 Å². The summed E-state index contributed by atoms with van der Waals surface area (Å²) in [6, 6.07) is 13.9. The summed E-state index contributed by atoms with van der Waals surface area (Å²) in [5, 5.41) is 15.8. The molecule has 1 fully saturated rings. The minimum absolute atomic E-state index is 0.00715. The summed E-state index contributed by atoms with van der Waals surface area (Å²) in [6.45, 7) is 4.67. The number of nitrogens with zero attached hydrogens (tertiary/aromatic N) is 2. The average molecular weight is 688 g/mol. The molecule has 1 aliphatic rings. The Kier molecular flexibility index (Phi) is 12.2. The predicted octanol–water partition coefficient (Wildman–Crippen LogP) is 3.42. The zero-order valence-electron chi connectivity index (χ0n) is 26.2.